The van der Waals surface area contributed by atoms with Crippen LogP contribution in [-0.4, -0.2) is 39.2 Å². The molecule has 1 aromatic carbocycles. The Balaban J connectivity index is 1.74. The topological polar surface area (TPSA) is 55.3 Å². The molecule has 1 aromatic heterocycles. The van der Waals surface area contributed by atoms with Crippen molar-refractivity contribution in [1.29, 1.82) is 0 Å². The molecule has 8 heteroatoms. The van der Waals surface area contributed by atoms with E-state index in [4.69, 9.17) is 0 Å². The molecule has 0 saturated carbocycles. The van der Waals surface area contributed by atoms with Crippen molar-refractivity contribution < 1.29 is 22.7 Å². The Morgan fingerprint density at radius 3 is 2.62 bits per heavy atom. The van der Waals surface area contributed by atoms with E-state index in [-0.39, 0.29) is 11.7 Å². The molecule has 1 aliphatic rings. The maximum atomic E-state index is 12.8. The van der Waals surface area contributed by atoms with Crippen molar-refractivity contribution in [3.8, 4) is 5.75 Å². The highest BCUT2D eigenvalue weighted by Gasteiger charge is 2.40. The molecule has 0 N–H and O–H groups in total. The summed E-state index contributed by atoms with van der Waals surface area (Å²) in [6, 6.07) is 7.34. The van der Waals surface area contributed by atoms with E-state index in [0.717, 1.165) is 18.4 Å². The number of carbonyl (C=O) groups is 1. The van der Waals surface area contributed by atoms with Crippen LogP contribution in [0.2, 0.25) is 0 Å². The van der Waals surface area contributed by atoms with Gasteiger partial charge in [0.2, 0.25) is 0 Å². The van der Waals surface area contributed by atoms with Crippen molar-refractivity contribution in [1.82, 2.24) is 14.9 Å². The molecule has 1 aliphatic heterocycles. The molecule has 3 rings (SSSR count). The molecule has 5 nitrogen and oxygen atoms in total. The van der Waals surface area contributed by atoms with Crippen LogP contribution in [0.1, 0.15) is 35.8 Å². The zero-order valence-electron chi connectivity index (χ0n) is 14.2. The normalized spacial score (nSPS) is 20.2. The third-order valence-corrected chi connectivity index (χ3v) is 4.54. The van der Waals surface area contributed by atoms with Gasteiger partial charge >= 0.3 is 6.36 Å². The first-order chi connectivity index (χ1) is 12.3. The second-order valence-electron chi connectivity index (χ2n) is 6.52. The predicted octanol–water partition coefficient (Wildman–Crippen LogP) is 3.61. The smallest absolute Gasteiger partial charge is 0.406 e. The molecule has 1 amide bonds. The van der Waals surface area contributed by atoms with Crippen LogP contribution in [0.15, 0.2) is 42.9 Å². The number of hydrogen-bond donors (Lipinski definition) is 0. The number of aromatic nitrogens is 2. The number of nitrogens with zero attached hydrogens (tertiary/aromatic N) is 3. The molecule has 1 unspecified atom stereocenters. The standard InChI is InChI=1S/C18H18F3N3O2/c1-17(11-13-3-5-14(6-4-13)26-18(19,20)21)8-2-10-24(17)16(25)15-7-9-22-12-23-15/h3-7,9,12H,2,8,10-11H2,1H3. The van der Waals surface area contributed by atoms with E-state index in [1.54, 1.807) is 23.1 Å². The van der Waals surface area contributed by atoms with Gasteiger partial charge in [-0.25, -0.2) is 9.97 Å². The Morgan fingerprint density at radius 1 is 1.27 bits per heavy atom. The fourth-order valence-electron chi connectivity index (χ4n) is 3.36. The number of halogens is 3. The van der Waals surface area contributed by atoms with Crippen LogP contribution < -0.4 is 4.74 Å². The van der Waals surface area contributed by atoms with Crippen molar-refractivity contribution in [2.45, 2.75) is 38.1 Å². The van der Waals surface area contributed by atoms with E-state index in [2.05, 4.69) is 14.7 Å². The van der Waals surface area contributed by atoms with Gasteiger partial charge in [-0.2, -0.15) is 0 Å². The van der Waals surface area contributed by atoms with Crippen LogP contribution in [0, 0.1) is 0 Å². The van der Waals surface area contributed by atoms with Crippen molar-refractivity contribution in [3.63, 3.8) is 0 Å². The van der Waals surface area contributed by atoms with E-state index < -0.39 is 11.9 Å². The largest absolute Gasteiger partial charge is 0.573 e. The summed E-state index contributed by atoms with van der Waals surface area (Å²) in [7, 11) is 0. The summed E-state index contributed by atoms with van der Waals surface area (Å²) in [6.07, 6.45) is 0.357. The highest BCUT2D eigenvalue weighted by atomic mass is 19.4. The summed E-state index contributed by atoms with van der Waals surface area (Å²) >= 11 is 0. The second-order valence-corrected chi connectivity index (χ2v) is 6.52. The van der Waals surface area contributed by atoms with Gasteiger partial charge in [0.1, 0.15) is 17.8 Å². The number of rotatable bonds is 4. The highest BCUT2D eigenvalue weighted by Crippen LogP contribution is 2.34. The van der Waals surface area contributed by atoms with Gasteiger partial charge in [-0.05, 0) is 49.9 Å². The van der Waals surface area contributed by atoms with Gasteiger partial charge in [0.05, 0.1) is 0 Å². The molecule has 0 aliphatic carbocycles. The lowest BCUT2D eigenvalue weighted by Gasteiger charge is -2.35. The van der Waals surface area contributed by atoms with Crippen molar-refractivity contribution in [3.05, 3.63) is 54.1 Å². The monoisotopic (exact) mass is 365 g/mol. The minimum absolute atomic E-state index is 0.163. The average molecular weight is 365 g/mol. The minimum Gasteiger partial charge on any atom is -0.406 e. The molecule has 2 aromatic rings. The maximum absolute atomic E-state index is 12.8. The van der Waals surface area contributed by atoms with Crippen molar-refractivity contribution in [2.75, 3.05) is 6.54 Å². The molecule has 0 spiro atoms. The van der Waals surface area contributed by atoms with Crippen molar-refractivity contribution in [2.24, 2.45) is 0 Å². The molecule has 1 fully saturated rings. The summed E-state index contributed by atoms with van der Waals surface area (Å²) in [5.74, 6) is -0.420. The average Bonchev–Trinajstić information content (AvgIpc) is 2.97. The number of carbonyl (C=O) groups excluding carboxylic acids is 1. The zero-order chi connectivity index (χ0) is 18.8. The lowest BCUT2D eigenvalue weighted by Crippen LogP contribution is -2.46. The van der Waals surface area contributed by atoms with Crippen LogP contribution in [0.5, 0.6) is 5.75 Å². The molecule has 26 heavy (non-hydrogen) atoms. The van der Waals surface area contributed by atoms with Crippen LogP contribution >= 0.6 is 0 Å². The van der Waals surface area contributed by atoms with Crippen LogP contribution in [0.4, 0.5) is 13.2 Å². The summed E-state index contributed by atoms with van der Waals surface area (Å²) in [5.41, 5.74) is 0.750. The first-order valence-electron chi connectivity index (χ1n) is 8.19. The third-order valence-electron chi connectivity index (χ3n) is 4.54. The summed E-state index contributed by atoms with van der Waals surface area (Å²) in [5, 5.41) is 0. The second kappa shape index (κ2) is 6.93. The van der Waals surface area contributed by atoms with Gasteiger partial charge in [0.15, 0.2) is 0 Å². The number of benzene rings is 1. The Labute approximate surface area is 148 Å². The SMILES string of the molecule is CC1(Cc2ccc(OC(F)(F)F)cc2)CCCN1C(=O)c1ccncn1. The molecule has 0 radical (unpaired) electrons. The van der Waals surface area contributed by atoms with Gasteiger partial charge < -0.3 is 9.64 Å². The number of likely N-dealkylation sites (tertiary alicyclic amines) is 1. The van der Waals surface area contributed by atoms with Gasteiger partial charge in [0, 0.05) is 18.3 Å². The van der Waals surface area contributed by atoms with Crippen LogP contribution in [-0.2, 0) is 6.42 Å². The summed E-state index contributed by atoms with van der Waals surface area (Å²) in [4.78, 5) is 22.4. The Kier molecular flexibility index (Phi) is 4.84. The van der Waals surface area contributed by atoms with Crippen molar-refractivity contribution >= 4 is 5.91 Å². The van der Waals surface area contributed by atoms with E-state index in [0.29, 0.717) is 18.7 Å². The lowest BCUT2D eigenvalue weighted by molar-refractivity contribution is -0.274. The Morgan fingerprint density at radius 2 is 2.00 bits per heavy atom. The molecular formula is C18H18F3N3O2. The minimum atomic E-state index is -4.71. The van der Waals surface area contributed by atoms with Gasteiger partial charge in [-0.15, -0.1) is 13.2 Å². The highest BCUT2D eigenvalue weighted by molar-refractivity contribution is 5.92. The van der Waals surface area contributed by atoms with Gasteiger partial charge in [-0.3, -0.25) is 4.79 Å². The van der Waals surface area contributed by atoms with E-state index in [9.17, 15) is 18.0 Å². The number of amides is 1. The molecule has 138 valence electrons. The Hall–Kier alpha value is -2.64. The quantitative estimate of drug-likeness (QED) is 0.831. The molecule has 0 bridgehead atoms. The Bertz CT molecular complexity index is 766. The first kappa shape index (κ1) is 18.2. The van der Waals surface area contributed by atoms with Gasteiger partial charge in [-0.1, -0.05) is 12.1 Å². The first-order valence-corrected chi connectivity index (χ1v) is 8.19. The molecule has 1 atom stereocenters. The van der Waals surface area contributed by atoms with Crippen LogP contribution in [0.25, 0.3) is 0 Å². The van der Waals surface area contributed by atoms with Crippen LogP contribution in [0.3, 0.4) is 0 Å². The fourth-order valence-corrected chi connectivity index (χ4v) is 3.36. The van der Waals surface area contributed by atoms with E-state index in [1.165, 1.54) is 24.7 Å². The summed E-state index contributed by atoms with van der Waals surface area (Å²) in [6.45, 7) is 2.60. The molecular weight excluding hydrogens is 347 g/mol. The lowest BCUT2D eigenvalue weighted by atomic mass is 9.90. The number of ether oxygens (including phenoxy) is 1. The zero-order valence-corrected chi connectivity index (χ0v) is 14.2. The maximum Gasteiger partial charge on any atom is 0.573 e. The van der Waals surface area contributed by atoms with Gasteiger partial charge in [0.25, 0.3) is 5.91 Å². The van der Waals surface area contributed by atoms with E-state index >= 15 is 0 Å². The molecule has 2 heterocycles. The summed E-state index contributed by atoms with van der Waals surface area (Å²) < 4.78 is 40.7. The molecule has 1 saturated heterocycles. The predicted molar refractivity (Wildman–Crippen MR) is 87.5 cm³/mol. The van der Waals surface area contributed by atoms with E-state index in [1.807, 2.05) is 6.92 Å². The number of hydrogen-bond acceptors (Lipinski definition) is 4. The fraction of sp³-hybridized carbons (Fsp3) is 0.389. The third kappa shape index (κ3) is 4.12. The number of alkyl halides is 3.